The van der Waals surface area contributed by atoms with Crippen molar-refractivity contribution in [3.05, 3.63) is 0 Å². The summed E-state index contributed by atoms with van der Waals surface area (Å²) in [4.78, 5) is 41.0. The first kappa shape index (κ1) is 18.7. The van der Waals surface area contributed by atoms with Gasteiger partial charge < -0.3 is 19.9 Å². The standard InChI is InChI=1S/C20H31N3O4/c24-18-11-16(19(25)21-17-1-2-17)13-23(18)12-14-3-7-22(8-4-14)20(26)15-5-9-27-10-6-15/h14-17H,1-13H2,(H,21,25). The Morgan fingerprint density at radius 2 is 1.70 bits per heavy atom. The SMILES string of the molecule is O=C(NC1CC1)C1CC(=O)N(CC2CCN(C(=O)C3CCOCC3)CC2)C1. The number of hydrogen-bond donors (Lipinski definition) is 1. The quantitative estimate of drug-likeness (QED) is 0.768. The molecule has 1 saturated carbocycles. The summed E-state index contributed by atoms with van der Waals surface area (Å²) >= 11 is 0. The first-order valence-corrected chi connectivity index (χ1v) is 10.5. The van der Waals surface area contributed by atoms with E-state index in [0.717, 1.165) is 58.2 Å². The maximum absolute atomic E-state index is 12.6. The molecule has 1 N–H and O–H groups in total. The zero-order valence-corrected chi connectivity index (χ0v) is 16.0. The third kappa shape index (κ3) is 4.62. The molecule has 150 valence electrons. The maximum atomic E-state index is 12.6. The largest absolute Gasteiger partial charge is 0.381 e. The fourth-order valence-electron chi connectivity index (χ4n) is 4.52. The summed E-state index contributed by atoms with van der Waals surface area (Å²) in [5.74, 6) is 0.801. The number of hydrogen-bond acceptors (Lipinski definition) is 4. The first-order chi connectivity index (χ1) is 13.1. The van der Waals surface area contributed by atoms with Crippen LogP contribution in [0.5, 0.6) is 0 Å². The minimum Gasteiger partial charge on any atom is -0.381 e. The van der Waals surface area contributed by atoms with Crippen molar-refractivity contribution in [3.63, 3.8) is 0 Å². The number of carbonyl (C=O) groups is 3. The van der Waals surface area contributed by atoms with Crippen molar-refractivity contribution in [1.29, 1.82) is 0 Å². The van der Waals surface area contributed by atoms with Crippen LogP contribution in [0, 0.1) is 17.8 Å². The summed E-state index contributed by atoms with van der Waals surface area (Å²) in [7, 11) is 0. The molecule has 4 fully saturated rings. The highest BCUT2D eigenvalue weighted by atomic mass is 16.5. The average Bonchev–Trinajstić information content (AvgIpc) is 3.44. The van der Waals surface area contributed by atoms with Crippen LogP contribution >= 0.6 is 0 Å². The lowest BCUT2D eigenvalue weighted by Crippen LogP contribution is -2.45. The molecule has 0 aromatic rings. The normalized spacial score (nSPS) is 27.9. The van der Waals surface area contributed by atoms with E-state index in [-0.39, 0.29) is 29.6 Å². The van der Waals surface area contributed by atoms with Gasteiger partial charge in [0.25, 0.3) is 0 Å². The van der Waals surface area contributed by atoms with Crippen molar-refractivity contribution in [3.8, 4) is 0 Å². The molecule has 4 rings (SSSR count). The molecule has 27 heavy (non-hydrogen) atoms. The molecule has 0 radical (unpaired) electrons. The zero-order chi connectivity index (χ0) is 18.8. The third-order valence-corrected chi connectivity index (χ3v) is 6.48. The van der Waals surface area contributed by atoms with Crippen LogP contribution < -0.4 is 5.32 Å². The number of likely N-dealkylation sites (tertiary alicyclic amines) is 2. The predicted molar refractivity (Wildman–Crippen MR) is 98.7 cm³/mol. The van der Waals surface area contributed by atoms with Crippen molar-refractivity contribution < 1.29 is 19.1 Å². The Bertz CT molecular complexity index is 578. The molecule has 0 aromatic carbocycles. The van der Waals surface area contributed by atoms with Gasteiger partial charge in [-0.3, -0.25) is 14.4 Å². The second kappa shape index (κ2) is 8.17. The van der Waals surface area contributed by atoms with Crippen LogP contribution in [0.15, 0.2) is 0 Å². The smallest absolute Gasteiger partial charge is 0.225 e. The maximum Gasteiger partial charge on any atom is 0.225 e. The molecule has 3 amide bonds. The molecule has 4 aliphatic rings. The molecule has 3 heterocycles. The Balaban J connectivity index is 1.21. The van der Waals surface area contributed by atoms with Gasteiger partial charge in [-0.15, -0.1) is 0 Å². The highest BCUT2D eigenvalue weighted by Gasteiger charge is 2.38. The van der Waals surface area contributed by atoms with E-state index in [1.54, 1.807) is 0 Å². The van der Waals surface area contributed by atoms with Crippen LogP contribution in [0.3, 0.4) is 0 Å². The molecule has 3 aliphatic heterocycles. The van der Waals surface area contributed by atoms with Gasteiger partial charge in [0.05, 0.1) is 5.92 Å². The molecule has 3 saturated heterocycles. The van der Waals surface area contributed by atoms with Gasteiger partial charge in [-0.05, 0) is 44.4 Å². The van der Waals surface area contributed by atoms with Crippen LogP contribution in [0.25, 0.3) is 0 Å². The van der Waals surface area contributed by atoms with Crippen molar-refractivity contribution in [2.45, 2.75) is 51.0 Å². The van der Waals surface area contributed by atoms with Gasteiger partial charge in [0.2, 0.25) is 17.7 Å². The summed E-state index contributed by atoms with van der Waals surface area (Å²) in [6.45, 7) is 4.24. The summed E-state index contributed by atoms with van der Waals surface area (Å²) in [5.41, 5.74) is 0. The number of carbonyl (C=O) groups excluding carboxylic acids is 3. The zero-order valence-electron chi connectivity index (χ0n) is 16.0. The average molecular weight is 377 g/mol. The van der Waals surface area contributed by atoms with Crippen LogP contribution in [0.4, 0.5) is 0 Å². The lowest BCUT2D eigenvalue weighted by molar-refractivity contribution is -0.140. The van der Waals surface area contributed by atoms with Crippen LogP contribution in [0.2, 0.25) is 0 Å². The van der Waals surface area contributed by atoms with E-state index in [2.05, 4.69) is 5.32 Å². The lowest BCUT2D eigenvalue weighted by atomic mass is 9.93. The minimum atomic E-state index is -0.187. The number of amides is 3. The number of ether oxygens (including phenoxy) is 1. The lowest BCUT2D eigenvalue weighted by Gasteiger charge is -2.36. The number of rotatable bonds is 5. The second-order valence-corrected chi connectivity index (χ2v) is 8.64. The van der Waals surface area contributed by atoms with Crippen molar-refractivity contribution in [1.82, 2.24) is 15.1 Å². The Labute approximate surface area is 160 Å². The van der Waals surface area contributed by atoms with Gasteiger partial charge in [-0.25, -0.2) is 0 Å². The Morgan fingerprint density at radius 1 is 1.00 bits per heavy atom. The molecular formula is C20H31N3O4. The molecular weight excluding hydrogens is 346 g/mol. The molecule has 0 bridgehead atoms. The van der Waals surface area contributed by atoms with Crippen LogP contribution in [0.1, 0.15) is 44.9 Å². The Hall–Kier alpha value is -1.63. The summed E-state index contributed by atoms with van der Waals surface area (Å²) in [6.07, 6.45) is 6.05. The fourth-order valence-corrected chi connectivity index (χ4v) is 4.52. The predicted octanol–water partition coefficient (Wildman–Crippen LogP) is 0.779. The van der Waals surface area contributed by atoms with Gasteiger partial charge in [0.1, 0.15) is 0 Å². The van der Waals surface area contributed by atoms with Crippen molar-refractivity contribution in [2.24, 2.45) is 17.8 Å². The number of piperidine rings is 1. The molecule has 1 atom stereocenters. The summed E-state index contributed by atoms with van der Waals surface area (Å²) in [6, 6.07) is 0.347. The van der Waals surface area contributed by atoms with E-state index in [9.17, 15) is 14.4 Å². The fraction of sp³-hybridized carbons (Fsp3) is 0.850. The molecule has 0 aromatic heterocycles. The summed E-state index contributed by atoms with van der Waals surface area (Å²) < 4.78 is 5.35. The Kier molecular flexibility index (Phi) is 5.66. The van der Waals surface area contributed by atoms with Gasteiger partial charge in [0.15, 0.2) is 0 Å². The first-order valence-electron chi connectivity index (χ1n) is 10.5. The number of nitrogens with one attached hydrogen (secondary N) is 1. The Morgan fingerprint density at radius 3 is 2.37 bits per heavy atom. The summed E-state index contributed by atoms with van der Waals surface area (Å²) in [5, 5.41) is 3.02. The van der Waals surface area contributed by atoms with Crippen LogP contribution in [-0.2, 0) is 19.1 Å². The van der Waals surface area contributed by atoms with Crippen LogP contribution in [-0.4, -0.2) is 73.0 Å². The van der Waals surface area contributed by atoms with Crippen molar-refractivity contribution >= 4 is 17.7 Å². The van der Waals surface area contributed by atoms with E-state index in [0.29, 0.717) is 38.1 Å². The monoisotopic (exact) mass is 377 g/mol. The minimum absolute atomic E-state index is 0.0465. The molecule has 1 unspecified atom stereocenters. The van der Waals surface area contributed by atoms with Gasteiger partial charge in [-0.1, -0.05) is 0 Å². The highest BCUT2D eigenvalue weighted by Crippen LogP contribution is 2.27. The van der Waals surface area contributed by atoms with E-state index < -0.39 is 0 Å². The third-order valence-electron chi connectivity index (χ3n) is 6.48. The van der Waals surface area contributed by atoms with Gasteiger partial charge >= 0.3 is 0 Å². The van der Waals surface area contributed by atoms with E-state index in [1.807, 2.05) is 9.80 Å². The molecule has 0 spiro atoms. The topological polar surface area (TPSA) is 79.0 Å². The van der Waals surface area contributed by atoms with E-state index in [1.165, 1.54) is 0 Å². The van der Waals surface area contributed by atoms with E-state index >= 15 is 0 Å². The number of nitrogens with zero attached hydrogens (tertiary/aromatic N) is 2. The molecule has 7 heteroatoms. The van der Waals surface area contributed by atoms with Gasteiger partial charge in [0, 0.05) is 57.8 Å². The van der Waals surface area contributed by atoms with Gasteiger partial charge in [-0.2, -0.15) is 0 Å². The van der Waals surface area contributed by atoms with E-state index in [4.69, 9.17) is 4.74 Å². The van der Waals surface area contributed by atoms with Crippen molar-refractivity contribution in [2.75, 3.05) is 39.4 Å². The molecule has 7 nitrogen and oxygen atoms in total. The highest BCUT2D eigenvalue weighted by molar-refractivity contribution is 5.89. The second-order valence-electron chi connectivity index (χ2n) is 8.64. The molecule has 1 aliphatic carbocycles.